The molecule has 0 bridgehead atoms. The monoisotopic (exact) mass is 471 g/mol. The van der Waals surface area contributed by atoms with Crippen LogP contribution in [0.2, 0.25) is 0 Å². The number of nitrogens with zero attached hydrogens (tertiary/aromatic N) is 4. The van der Waals surface area contributed by atoms with Crippen molar-refractivity contribution in [1.29, 1.82) is 0 Å². The molecule has 3 N–H and O–H groups in total. The Hall–Kier alpha value is -4.53. The van der Waals surface area contributed by atoms with E-state index in [1.54, 1.807) is 25.1 Å². The molecule has 0 aliphatic heterocycles. The van der Waals surface area contributed by atoms with Gasteiger partial charge in [-0.05, 0) is 55.2 Å². The number of phenolic OH excluding ortho intramolecular Hbond substituents is 1. The van der Waals surface area contributed by atoms with Crippen LogP contribution in [0.15, 0.2) is 69.9 Å². The molecule has 0 atom stereocenters. The number of pyridine rings is 1. The molecule has 0 saturated heterocycles. The fourth-order valence-electron chi connectivity index (χ4n) is 3.94. The third kappa shape index (κ3) is 4.61. The number of para-hydroxylation sites is 1. The number of H-pyrrole nitrogens is 1. The van der Waals surface area contributed by atoms with Gasteiger partial charge < -0.3 is 10.2 Å². The highest BCUT2D eigenvalue weighted by atomic mass is 16.4. The number of phenols is 1. The van der Waals surface area contributed by atoms with Crippen LogP contribution < -0.4 is 5.56 Å². The molecule has 4 rings (SSSR count). The SMILES string of the molecule is Cc1cc(-n2[nH]c(C)c(N=Nc3cccc(-c4cncc(C(=O)O)c4)c3O)c2=O)ccc1C(C)C. The molecule has 0 aliphatic carbocycles. The number of benzene rings is 2. The maximum Gasteiger partial charge on any atom is 0.337 e. The van der Waals surface area contributed by atoms with Crippen LogP contribution in [0, 0.1) is 13.8 Å². The Morgan fingerprint density at radius 3 is 2.54 bits per heavy atom. The second kappa shape index (κ2) is 9.38. The number of aromatic carboxylic acids is 1. The lowest BCUT2D eigenvalue weighted by Crippen LogP contribution is -2.14. The van der Waals surface area contributed by atoms with E-state index in [9.17, 15) is 19.8 Å². The predicted octanol–water partition coefficient (Wildman–Crippen LogP) is 5.79. The Bertz CT molecular complexity index is 1510. The number of aryl methyl sites for hydroxylation is 2. The summed E-state index contributed by atoms with van der Waals surface area (Å²) >= 11 is 0. The smallest absolute Gasteiger partial charge is 0.337 e. The maximum atomic E-state index is 13.1. The Balaban J connectivity index is 1.69. The van der Waals surface area contributed by atoms with Gasteiger partial charge in [0.25, 0.3) is 5.56 Å². The van der Waals surface area contributed by atoms with E-state index in [-0.39, 0.29) is 28.2 Å². The Morgan fingerprint density at radius 1 is 1.09 bits per heavy atom. The van der Waals surface area contributed by atoms with Crippen LogP contribution in [0.1, 0.15) is 46.9 Å². The fourth-order valence-corrected chi connectivity index (χ4v) is 3.94. The average molecular weight is 472 g/mol. The summed E-state index contributed by atoms with van der Waals surface area (Å²) in [5.74, 6) is -0.946. The normalized spacial score (nSPS) is 11.5. The molecule has 9 heteroatoms. The first-order valence-electron chi connectivity index (χ1n) is 11.0. The molecule has 178 valence electrons. The van der Waals surface area contributed by atoms with Crippen molar-refractivity contribution in [2.45, 2.75) is 33.6 Å². The summed E-state index contributed by atoms with van der Waals surface area (Å²) in [6.45, 7) is 7.98. The van der Waals surface area contributed by atoms with Crippen LogP contribution >= 0.6 is 0 Å². The summed E-state index contributed by atoms with van der Waals surface area (Å²) in [7, 11) is 0. The summed E-state index contributed by atoms with van der Waals surface area (Å²) in [4.78, 5) is 28.3. The van der Waals surface area contributed by atoms with E-state index >= 15 is 0 Å². The van der Waals surface area contributed by atoms with E-state index in [2.05, 4.69) is 34.2 Å². The molecule has 35 heavy (non-hydrogen) atoms. The largest absolute Gasteiger partial charge is 0.505 e. The van der Waals surface area contributed by atoms with E-state index in [0.29, 0.717) is 28.4 Å². The number of aromatic amines is 1. The minimum Gasteiger partial charge on any atom is -0.505 e. The molecule has 0 unspecified atom stereocenters. The number of hydrogen-bond acceptors (Lipinski definition) is 6. The van der Waals surface area contributed by atoms with Crippen molar-refractivity contribution >= 4 is 17.3 Å². The molecule has 0 saturated carbocycles. The third-order valence-corrected chi connectivity index (χ3v) is 5.74. The Kier molecular flexibility index (Phi) is 6.33. The average Bonchev–Trinajstić information content (AvgIpc) is 3.11. The van der Waals surface area contributed by atoms with E-state index in [1.165, 1.54) is 28.7 Å². The molecular weight excluding hydrogens is 446 g/mol. The van der Waals surface area contributed by atoms with Gasteiger partial charge >= 0.3 is 5.97 Å². The summed E-state index contributed by atoms with van der Waals surface area (Å²) < 4.78 is 1.42. The highest BCUT2D eigenvalue weighted by Gasteiger charge is 2.15. The van der Waals surface area contributed by atoms with E-state index in [0.717, 1.165) is 5.56 Å². The lowest BCUT2D eigenvalue weighted by Gasteiger charge is -2.11. The van der Waals surface area contributed by atoms with Gasteiger partial charge in [-0.3, -0.25) is 14.9 Å². The quantitative estimate of drug-likeness (QED) is 0.306. The van der Waals surface area contributed by atoms with Gasteiger partial charge in [0.15, 0.2) is 11.4 Å². The highest BCUT2D eigenvalue weighted by molar-refractivity contribution is 5.89. The third-order valence-electron chi connectivity index (χ3n) is 5.74. The van der Waals surface area contributed by atoms with Gasteiger partial charge in [0.1, 0.15) is 5.69 Å². The summed E-state index contributed by atoms with van der Waals surface area (Å²) in [5, 5.41) is 31.2. The minimum atomic E-state index is -1.12. The number of hydrogen-bond donors (Lipinski definition) is 3. The van der Waals surface area contributed by atoms with Crippen LogP contribution in [0.3, 0.4) is 0 Å². The van der Waals surface area contributed by atoms with Crippen LogP contribution in [-0.4, -0.2) is 30.9 Å². The van der Waals surface area contributed by atoms with Gasteiger partial charge in [0.05, 0.1) is 16.9 Å². The van der Waals surface area contributed by atoms with Crippen LogP contribution in [-0.2, 0) is 0 Å². The van der Waals surface area contributed by atoms with E-state index in [1.807, 2.05) is 25.1 Å². The highest BCUT2D eigenvalue weighted by Crippen LogP contribution is 2.37. The summed E-state index contributed by atoms with van der Waals surface area (Å²) in [5.41, 5.74) is 4.16. The van der Waals surface area contributed by atoms with E-state index < -0.39 is 5.97 Å². The maximum absolute atomic E-state index is 13.1. The fraction of sp³-hybridized carbons (Fsp3) is 0.192. The van der Waals surface area contributed by atoms with Gasteiger partial charge in [-0.25, -0.2) is 9.48 Å². The number of aromatic hydroxyl groups is 1. The van der Waals surface area contributed by atoms with Gasteiger partial charge in [0.2, 0.25) is 0 Å². The van der Waals surface area contributed by atoms with E-state index in [4.69, 9.17) is 0 Å². The van der Waals surface area contributed by atoms with Crippen molar-refractivity contribution in [3.63, 3.8) is 0 Å². The van der Waals surface area contributed by atoms with Gasteiger partial charge in [-0.1, -0.05) is 32.0 Å². The Labute approximate surface area is 201 Å². The first-order chi connectivity index (χ1) is 16.7. The van der Waals surface area contributed by atoms with Crippen LogP contribution in [0.5, 0.6) is 5.75 Å². The van der Waals surface area contributed by atoms with Crippen molar-refractivity contribution in [3.05, 3.63) is 87.6 Å². The number of carboxylic acids is 1. The predicted molar refractivity (Wildman–Crippen MR) is 132 cm³/mol. The summed E-state index contributed by atoms with van der Waals surface area (Å²) in [6, 6.07) is 12.1. The number of nitrogens with one attached hydrogen (secondary N) is 1. The van der Waals surface area contributed by atoms with Crippen molar-refractivity contribution < 1.29 is 15.0 Å². The second-order valence-corrected chi connectivity index (χ2v) is 8.56. The zero-order valence-electron chi connectivity index (χ0n) is 19.8. The van der Waals surface area contributed by atoms with Gasteiger partial charge in [-0.2, -0.15) is 0 Å². The second-order valence-electron chi connectivity index (χ2n) is 8.56. The molecule has 2 aromatic heterocycles. The van der Waals surface area contributed by atoms with Crippen molar-refractivity contribution in [1.82, 2.24) is 14.8 Å². The lowest BCUT2D eigenvalue weighted by molar-refractivity contribution is 0.0696. The number of azo groups is 1. The molecule has 9 nitrogen and oxygen atoms in total. The van der Waals surface area contributed by atoms with Crippen molar-refractivity contribution in [3.8, 4) is 22.6 Å². The molecule has 2 heterocycles. The van der Waals surface area contributed by atoms with Crippen molar-refractivity contribution in [2.24, 2.45) is 10.2 Å². The topological polar surface area (TPSA) is 133 Å². The number of aromatic nitrogens is 3. The lowest BCUT2D eigenvalue weighted by atomic mass is 9.98. The van der Waals surface area contributed by atoms with Crippen LogP contribution in [0.25, 0.3) is 16.8 Å². The molecule has 0 radical (unpaired) electrons. The number of carboxylic acid groups (broad SMARTS) is 1. The van der Waals surface area contributed by atoms with Gasteiger partial charge in [-0.15, -0.1) is 10.2 Å². The number of rotatable bonds is 6. The molecule has 2 aromatic carbocycles. The number of carbonyl (C=O) groups is 1. The van der Waals surface area contributed by atoms with Crippen molar-refractivity contribution in [2.75, 3.05) is 0 Å². The Morgan fingerprint density at radius 2 is 1.86 bits per heavy atom. The van der Waals surface area contributed by atoms with Gasteiger partial charge in [0, 0.05) is 23.5 Å². The molecule has 0 aliphatic rings. The molecule has 4 aromatic rings. The zero-order chi connectivity index (χ0) is 25.3. The first-order valence-corrected chi connectivity index (χ1v) is 11.0. The van der Waals surface area contributed by atoms with Crippen LogP contribution in [0.4, 0.5) is 11.4 Å². The standard InChI is InChI=1S/C26H25N5O4/c1-14(2)20-9-8-19(10-15(20)3)31-25(33)23(16(4)30-31)29-28-22-7-5-6-21(24(22)32)17-11-18(26(34)35)13-27-12-17/h5-14,30,32H,1-4H3,(H,34,35). The summed E-state index contributed by atoms with van der Waals surface area (Å²) in [6.07, 6.45) is 2.67. The molecule has 0 amide bonds. The molecule has 0 fully saturated rings. The minimum absolute atomic E-state index is 0.00547. The molecule has 0 spiro atoms. The molecular formula is C26H25N5O4. The first kappa shape index (κ1) is 23.6. The zero-order valence-corrected chi connectivity index (χ0v) is 19.8.